The van der Waals surface area contributed by atoms with E-state index in [1.54, 1.807) is 52.9 Å². The number of ether oxygens (including phenoxy) is 2. The number of fused-ring (bicyclic) bond motifs is 1. The Balaban J connectivity index is 0.00000148. The molecule has 3 rings (SSSR count). The number of benzene rings is 2. The van der Waals surface area contributed by atoms with Crippen molar-refractivity contribution in [2.45, 2.75) is 26.6 Å². The fraction of sp³-hybridized carbons (Fsp3) is 0.273. The number of aromatic nitrogens is 1. The number of carboxylic acids is 1. The summed E-state index contributed by atoms with van der Waals surface area (Å²) in [4.78, 5) is 21.9. The molecule has 0 bridgehead atoms. The van der Waals surface area contributed by atoms with Gasteiger partial charge in [-0.3, -0.25) is 4.79 Å². The first-order valence-electron chi connectivity index (χ1n) is 9.43. The zero-order valence-electron chi connectivity index (χ0n) is 19.2. The van der Waals surface area contributed by atoms with E-state index >= 15 is 0 Å². The number of carbonyl (C=O) groups is 1. The van der Waals surface area contributed by atoms with Crippen molar-refractivity contribution < 1.29 is 23.8 Å². The van der Waals surface area contributed by atoms with Crippen LogP contribution in [0, 0.1) is 5.82 Å². The summed E-state index contributed by atoms with van der Waals surface area (Å²) in [7, 11) is 3.32. The van der Waals surface area contributed by atoms with Gasteiger partial charge in [0.05, 0.1) is 19.1 Å². The Kier molecular flexibility index (Phi) is 14.6. The van der Waals surface area contributed by atoms with Gasteiger partial charge < -0.3 is 23.9 Å². The number of hydrogen-bond acceptors (Lipinski definition) is 5. The van der Waals surface area contributed by atoms with Crippen LogP contribution >= 0.6 is 9.24 Å². The molecule has 0 aliphatic heterocycles. The van der Waals surface area contributed by atoms with Crippen LogP contribution in [0.5, 0.6) is 11.5 Å². The molecule has 0 N–H and O–H groups in total. The number of methoxy groups -OCH3 is 1. The summed E-state index contributed by atoms with van der Waals surface area (Å²) >= 11 is 0. The Hall–Kier alpha value is -0.920. The molecule has 1 aromatic heterocycles. The van der Waals surface area contributed by atoms with E-state index in [1.165, 1.54) is 6.07 Å². The van der Waals surface area contributed by atoms with E-state index in [9.17, 15) is 9.18 Å². The van der Waals surface area contributed by atoms with Crippen LogP contribution in [0.1, 0.15) is 20.3 Å². The number of rotatable bonds is 6. The zero-order valence-corrected chi connectivity index (χ0v) is 24.7. The van der Waals surface area contributed by atoms with Gasteiger partial charge in [0.2, 0.25) is 0 Å². The first-order valence-corrected chi connectivity index (χ1v) is 10.4. The van der Waals surface area contributed by atoms with Gasteiger partial charge in [-0.05, 0) is 52.4 Å². The summed E-state index contributed by atoms with van der Waals surface area (Å²) in [6.45, 7) is 3.49. The van der Waals surface area contributed by atoms with Crippen LogP contribution in [0.4, 0.5) is 4.39 Å². The Morgan fingerprint density at radius 1 is 1.16 bits per heavy atom. The van der Waals surface area contributed by atoms with Crippen LogP contribution in [0.3, 0.4) is 0 Å². The molecule has 0 saturated heterocycles. The minimum atomic E-state index is -1.08. The van der Waals surface area contributed by atoms with Crippen LogP contribution in [-0.4, -0.2) is 83.4 Å². The SMILES string of the molecule is CC(=O)[O-].CCCOc1ccc(F)c2c(=O)c(-c3ccc(OC)cc3)cn(C[PH3+])c12.[Na].[Na]. The molecule has 0 aliphatic rings. The quantitative estimate of drug-likeness (QED) is 0.400. The number of pyridine rings is 1. The Morgan fingerprint density at radius 2 is 1.75 bits per heavy atom. The predicted octanol–water partition coefficient (Wildman–Crippen LogP) is 2.16. The second-order valence-electron chi connectivity index (χ2n) is 6.40. The third-order valence-corrected chi connectivity index (χ3v) is 4.72. The van der Waals surface area contributed by atoms with Crippen LogP contribution < -0.4 is 20.0 Å². The minimum Gasteiger partial charge on any atom is -0.550 e. The summed E-state index contributed by atoms with van der Waals surface area (Å²) in [5.74, 6) is -0.378. The molecule has 0 saturated carbocycles. The molecule has 0 aliphatic carbocycles. The zero-order chi connectivity index (χ0) is 22.3. The maximum absolute atomic E-state index is 14.6. The maximum Gasteiger partial charge on any atom is 0.200 e. The van der Waals surface area contributed by atoms with Gasteiger partial charge in [-0.25, -0.2) is 4.39 Å². The number of carbonyl (C=O) groups excluding carboxylic acids is 1. The Labute approximate surface area is 233 Å². The van der Waals surface area contributed by atoms with Gasteiger partial charge in [-0.2, -0.15) is 0 Å². The molecule has 0 amide bonds. The van der Waals surface area contributed by atoms with Crippen molar-refractivity contribution in [1.29, 1.82) is 0 Å². The summed E-state index contributed by atoms with van der Waals surface area (Å²) in [6, 6.07) is 10.1. The van der Waals surface area contributed by atoms with Crippen molar-refractivity contribution in [3.63, 3.8) is 0 Å². The monoisotopic (exact) mass is 479 g/mol. The molecule has 0 spiro atoms. The van der Waals surface area contributed by atoms with E-state index in [2.05, 4.69) is 0 Å². The van der Waals surface area contributed by atoms with Crippen LogP contribution in [-0.2, 0) is 11.1 Å². The number of nitrogens with zero attached hydrogens (tertiary/aromatic N) is 1. The van der Waals surface area contributed by atoms with E-state index in [1.807, 2.05) is 11.5 Å². The van der Waals surface area contributed by atoms with Gasteiger partial charge in [0.1, 0.15) is 29.1 Å². The van der Waals surface area contributed by atoms with Gasteiger partial charge in [-0.1, -0.05) is 19.1 Å². The third kappa shape index (κ3) is 7.84. The van der Waals surface area contributed by atoms with Crippen molar-refractivity contribution >= 4 is 85.2 Å². The second-order valence-corrected chi connectivity index (χ2v) is 6.85. The summed E-state index contributed by atoms with van der Waals surface area (Å²) in [5.41, 5.74) is 1.36. The van der Waals surface area contributed by atoms with Crippen molar-refractivity contribution in [1.82, 2.24) is 4.57 Å². The van der Waals surface area contributed by atoms with Gasteiger partial charge in [0, 0.05) is 76.8 Å². The number of carboxylic acid groups (broad SMARTS) is 1. The van der Waals surface area contributed by atoms with E-state index in [4.69, 9.17) is 19.4 Å². The average Bonchev–Trinajstić information content (AvgIpc) is 2.73. The van der Waals surface area contributed by atoms with E-state index in [0.717, 1.165) is 18.9 Å². The van der Waals surface area contributed by atoms with E-state index in [0.29, 0.717) is 35.5 Å². The van der Waals surface area contributed by atoms with Gasteiger partial charge in [-0.15, -0.1) is 0 Å². The smallest absolute Gasteiger partial charge is 0.200 e. The fourth-order valence-electron chi connectivity index (χ4n) is 2.94. The average molecular weight is 479 g/mol. The Bertz CT molecular complexity index is 1090. The fourth-order valence-corrected chi connectivity index (χ4v) is 3.30. The summed E-state index contributed by atoms with van der Waals surface area (Å²) < 4.78 is 27.4. The Morgan fingerprint density at radius 3 is 2.25 bits per heavy atom. The number of hydrogen-bond donors (Lipinski definition) is 0. The van der Waals surface area contributed by atoms with Crippen molar-refractivity contribution in [2.75, 3.05) is 13.7 Å². The van der Waals surface area contributed by atoms with Gasteiger partial charge in [0.15, 0.2) is 5.43 Å². The van der Waals surface area contributed by atoms with Crippen molar-refractivity contribution in [2.24, 2.45) is 0 Å². The number of halogens is 1. The van der Waals surface area contributed by atoms with Crippen LogP contribution in [0.25, 0.3) is 22.0 Å². The molecule has 1 atom stereocenters. The van der Waals surface area contributed by atoms with E-state index < -0.39 is 11.8 Å². The molecule has 2 aromatic carbocycles. The minimum absolute atomic E-state index is 0. The standard InChI is InChI=1S/C20H21FNO3P.C2H4O2.2Na/c1-3-10-25-17-9-8-16(21)18-19(17)22(12-26)11-15(20(18)23)13-4-6-14(24-2)7-5-13;1-2(3)4;;/h4-9,11H,3,10,12,26H2,1-2H3;1H3,(H,3,4);;. The topological polar surface area (TPSA) is 80.6 Å². The van der Waals surface area contributed by atoms with Crippen molar-refractivity contribution in [3.8, 4) is 22.6 Å². The normalized spacial score (nSPS) is 9.75. The van der Waals surface area contributed by atoms with Crippen LogP contribution in [0.15, 0.2) is 47.4 Å². The van der Waals surface area contributed by atoms with Crippen molar-refractivity contribution in [3.05, 3.63) is 58.6 Å². The maximum atomic E-state index is 14.6. The molecule has 32 heavy (non-hydrogen) atoms. The largest absolute Gasteiger partial charge is 0.550 e. The van der Waals surface area contributed by atoms with E-state index in [-0.39, 0.29) is 69.9 Å². The molecule has 1 unspecified atom stereocenters. The molecule has 1 heterocycles. The molecule has 2 radical (unpaired) electrons. The summed E-state index contributed by atoms with van der Waals surface area (Å²) in [5, 5.41) is 8.96. The molecular formula is C22H25FNNa2O5P. The molecule has 3 aromatic rings. The molecule has 6 nitrogen and oxygen atoms in total. The predicted molar refractivity (Wildman–Crippen MR) is 129 cm³/mol. The van der Waals surface area contributed by atoms with Crippen LogP contribution in [0.2, 0.25) is 0 Å². The van der Waals surface area contributed by atoms with Gasteiger partial charge in [0.25, 0.3) is 0 Å². The molecule has 10 heteroatoms. The third-order valence-electron chi connectivity index (χ3n) is 4.24. The second kappa shape index (κ2) is 15.1. The number of aliphatic carboxylic acids is 1. The molecular weight excluding hydrogens is 454 g/mol. The first kappa shape index (κ1) is 31.1. The molecule has 162 valence electrons. The summed E-state index contributed by atoms with van der Waals surface area (Å²) in [6.07, 6.45) is 3.23. The van der Waals surface area contributed by atoms with Gasteiger partial charge >= 0.3 is 0 Å². The molecule has 0 fully saturated rings. The first-order chi connectivity index (χ1) is 14.3.